The Bertz CT molecular complexity index is 1010. The van der Waals surface area contributed by atoms with E-state index in [1.165, 1.54) is 18.2 Å². The zero-order valence-corrected chi connectivity index (χ0v) is 14.7. The number of rotatable bonds is 4. The van der Waals surface area contributed by atoms with Gasteiger partial charge in [0.25, 0.3) is 0 Å². The van der Waals surface area contributed by atoms with Crippen LogP contribution in [-0.4, -0.2) is 33.7 Å². The Labute approximate surface area is 146 Å². The normalized spacial score (nSPS) is 18.1. The molecule has 2 aromatic rings. The van der Waals surface area contributed by atoms with Crippen LogP contribution in [0.2, 0.25) is 0 Å². The maximum Gasteiger partial charge on any atom is 0.223 e. The van der Waals surface area contributed by atoms with Crippen LogP contribution in [0.3, 0.4) is 0 Å². The molecule has 0 aromatic heterocycles. The Morgan fingerprint density at radius 3 is 2.16 bits per heavy atom. The van der Waals surface area contributed by atoms with Gasteiger partial charge in [-0.05, 0) is 23.8 Å². The molecule has 1 atom stereocenters. The SMILES string of the molecule is O=S(=O)(C1=NNCC1S(=O)(=O)/C=C/c1ccccc1)c1ccccc1. The highest BCUT2D eigenvalue weighted by Gasteiger charge is 2.40. The lowest BCUT2D eigenvalue weighted by Gasteiger charge is -2.11. The van der Waals surface area contributed by atoms with Gasteiger partial charge in [-0.15, -0.1) is 0 Å². The van der Waals surface area contributed by atoms with Gasteiger partial charge in [0.05, 0.1) is 11.4 Å². The first kappa shape index (κ1) is 17.4. The quantitative estimate of drug-likeness (QED) is 0.879. The van der Waals surface area contributed by atoms with Gasteiger partial charge < -0.3 is 5.43 Å². The molecule has 2 aromatic carbocycles. The number of nitrogens with one attached hydrogen (secondary N) is 1. The third-order valence-corrected chi connectivity index (χ3v) is 7.38. The van der Waals surface area contributed by atoms with Crippen LogP contribution in [0.25, 0.3) is 6.08 Å². The van der Waals surface area contributed by atoms with E-state index in [1.807, 2.05) is 6.07 Å². The smallest absolute Gasteiger partial charge is 0.223 e. The average Bonchev–Trinajstić information content (AvgIpc) is 3.13. The van der Waals surface area contributed by atoms with Crippen LogP contribution in [0.4, 0.5) is 0 Å². The van der Waals surface area contributed by atoms with Gasteiger partial charge in [-0.25, -0.2) is 16.8 Å². The van der Waals surface area contributed by atoms with Crippen molar-refractivity contribution in [3.8, 4) is 0 Å². The minimum Gasteiger partial charge on any atom is -0.307 e. The molecule has 1 N–H and O–H groups in total. The highest BCUT2D eigenvalue weighted by Crippen LogP contribution is 2.21. The summed E-state index contributed by atoms with van der Waals surface area (Å²) in [6, 6.07) is 16.6. The zero-order valence-electron chi connectivity index (χ0n) is 13.1. The van der Waals surface area contributed by atoms with E-state index in [9.17, 15) is 16.8 Å². The number of hydrogen-bond acceptors (Lipinski definition) is 6. The van der Waals surface area contributed by atoms with E-state index in [0.29, 0.717) is 5.56 Å². The van der Waals surface area contributed by atoms with Gasteiger partial charge >= 0.3 is 0 Å². The van der Waals surface area contributed by atoms with Crippen molar-refractivity contribution >= 4 is 30.8 Å². The molecule has 0 aliphatic carbocycles. The zero-order chi connectivity index (χ0) is 17.9. The molecule has 0 fully saturated rings. The molecular weight excluding hydrogens is 360 g/mol. The second kappa shape index (κ2) is 6.81. The first-order valence-corrected chi connectivity index (χ1v) is 10.6. The minimum absolute atomic E-state index is 0.0182. The van der Waals surface area contributed by atoms with Crippen LogP contribution in [0.5, 0.6) is 0 Å². The summed E-state index contributed by atoms with van der Waals surface area (Å²) in [6.07, 6.45) is 1.44. The van der Waals surface area contributed by atoms with E-state index in [1.54, 1.807) is 42.5 Å². The Balaban J connectivity index is 1.92. The molecule has 1 unspecified atom stereocenters. The maximum absolute atomic E-state index is 12.7. The lowest BCUT2D eigenvalue weighted by atomic mass is 10.2. The number of benzene rings is 2. The van der Waals surface area contributed by atoms with Crippen LogP contribution >= 0.6 is 0 Å². The van der Waals surface area contributed by atoms with Gasteiger partial charge in [0.1, 0.15) is 5.25 Å². The van der Waals surface area contributed by atoms with Gasteiger partial charge in [-0.1, -0.05) is 48.5 Å². The van der Waals surface area contributed by atoms with Gasteiger partial charge in [0.15, 0.2) is 14.9 Å². The fraction of sp³-hybridized carbons (Fsp3) is 0.118. The predicted molar refractivity (Wildman–Crippen MR) is 97.2 cm³/mol. The standard InChI is InChI=1S/C17H16N2O4S2/c20-24(21,12-11-14-7-3-1-4-8-14)16-13-18-19-17(16)25(22,23)15-9-5-2-6-10-15/h1-12,16,18H,13H2/b12-11+. The molecule has 3 rings (SSSR count). The lowest BCUT2D eigenvalue weighted by Crippen LogP contribution is -2.34. The van der Waals surface area contributed by atoms with Crippen LogP contribution in [0, 0.1) is 0 Å². The van der Waals surface area contributed by atoms with Gasteiger partial charge in [-0.3, -0.25) is 0 Å². The van der Waals surface area contributed by atoms with Crippen molar-refractivity contribution in [1.82, 2.24) is 5.43 Å². The molecule has 8 heteroatoms. The molecule has 0 amide bonds. The molecule has 0 spiro atoms. The summed E-state index contributed by atoms with van der Waals surface area (Å²) < 4.78 is 50.7. The number of hydrogen-bond donors (Lipinski definition) is 1. The number of nitrogens with zero attached hydrogens (tertiary/aromatic N) is 1. The van der Waals surface area contributed by atoms with E-state index in [4.69, 9.17) is 0 Å². The molecule has 1 aliphatic heterocycles. The molecule has 130 valence electrons. The third-order valence-electron chi connectivity index (χ3n) is 3.72. The van der Waals surface area contributed by atoms with Crippen molar-refractivity contribution in [2.24, 2.45) is 5.10 Å². The molecule has 0 bridgehead atoms. The van der Waals surface area contributed by atoms with E-state index >= 15 is 0 Å². The Morgan fingerprint density at radius 1 is 0.920 bits per heavy atom. The molecule has 1 aliphatic rings. The first-order chi connectivity index (χ1) is 11.9. The second-order valence-electron chi connectivity index (χ2n) is 5.42. The van der Waals surface area contributed by atoms with E-state index in [0.717, 1.165) is 5.41 Å². The molecule has 25 heavy (non-hydrogen) atoms. The van der Waals surface area contributed by atoms with E-state index < -0.39 is 24.9 Å². The van der Waals surface area contributed by atoms with Crippen LogP contribution in [0.15, 0.2) is 76.1 Å². The van der Waals surface area contributed by atoms with Gasteiger partial charge in [-0.2, -0.15) is 5.10 Å². The number of hydrazone groups is 1. The van der Waals surface area contributed by atoms with Crippen molar-refractivity contribution in [3.05, 3.63) is 71.6 Å². The summed E-state index contributed by atoms with van der Waals surface area (Å²) in [5, 5.41) is 3.16. The van der Waals surface area contributed by atoms with Crippen LogP contribution in [0.1, 0.15) is 5.56 Å². The number of sulfone groups is 2. The van der Waals surface area contributed by atoms with Crippen molar-refractivity contribution < 1.29 is 16.8 Å². The average molecular weight is 376 g/mol. The molecular formula is C17H16N2O4S2. The van der Waals surface area contributed by atoms with Crippen molar-refractivity contribution in [2.45, 2.75) is 10.1 Å². The van der Waals surface area contributed by atoms with Gasteiger partial charge in [0, 0.05) is 5.41 Å². The topological polar surface area (TPSA) is 92.7 Å². The predicted octanol–water partition coefficient (Wildman–Crippen LogP) is 1.83. The molecule has 0 saturated heterocycles. The summed E-state index contributed by atoms with van der Waals surface area (Å²) in [5.41, 5.74) is 3.21. The minimum atomic E-state index is -3.98. The summed E-state index contributed by atoms with van der Waals surface area (Å²) >= 11 is 0. The molecule has 0 radical (unpaired) electrons. The Morgan fingerprint density at radius 2 is 1.52 bits per heavy atom. The van der Waals surface area contributed by atoms with Crippen molar-refractivity contribution in [1.29, 1.82) is 0 Å². The maximum atomic E-state index is 12.7. The van der Waals surface area contributed by atoms with E-state index in [-0.39, 0.29) is 16.5 Å². The lowest BCUT2D eigenvalue weighted by molar-refractivity contribution is 0.595. The fourth-order valence-electron chi connectivity index (χ4n) is 2.41. The summed E-state index contributed by atoms with van der Waals surface area (Å²) in [5.74, 6) is 0. The molecule has 6 nitrogen and oxygen atoms in total. The summed E-state index contributed by atoms with van der Waals surface area (Å²) in [6.45, 7) is -0.0805. The van der Waals surface area contributed by atoms with Crippen molar-refractivity contribution in [3.63, 3.8) is 0 Å². The first-order valence-electron chi connectivity index (χ1n) is 7.49. The monoisotopic (exact) mass is 376 g/mol. The molecule has 1 heterocycles. The molecule has 0 saturated carbocycles. The third kappa shape index (κ3) is 3.64. The Kier molecular flexibility index (Phi) is 4.73. The van der Waals surface area contributed by atoms with Crippen molar-refractivity contribution in [2.75, 3.05) is 6.54 Å². The second-order valence-corrected chi connectivity index (χ2v) is 9.34. The highest BCUT2D eigenvalue weighted by atomic mass is 32.2. The fourth-order valence-corrected chi connectivity index (χ4v) is 5.74. The summed E-state index contributed by atoms with van der Waals surface area (Å²) in [4.78, 5) is 0.0182. The van der Waals surface area contributed by atoms with Crippen LogP contribution in [-0.2, 0) is 19.7 Å². The largest absolute Gasteiger partial charge is 0.307 e. The van der Waals surface area contributed by atoms with Gasteiger partial charge in [0.2, 0.25) is 9.84 Å². The highest BCUT2D eigenvalue weighted by molar-refractivity contribution is 8.09. The van der Waals surface area contributed by atoms with E-state index in [2.05, 4.69) is 10.5 Å². The Hall–Kier alpha value is -2.45. The van der Waals surface area contributed by atoms with Crippen LogP contribution < -0.4 is 5.43 Å². The summed E-state index contributed by atoms with van der Waals surface area (Å²) in [7, 11) is -7.83.